The maximum absolute atomic E-state index is 13.1. The number of hydrazone groups is 1. The van der Waals surface area contributed by atoms with Crippen LogP contribution in [0.25, 0.3) is 0 Å². The first-order valence-corrected chi connectivity index (χ1v) is 10.0. The van der Waals surface area contributed by atoms with Crippen molar-refractivity contribution < 1.29 is 9.53 Å². The van der Waals surface area contributed by atoms with Crippen LogP contribution in [-0.4, -0.2) is 30.3 Å². The highest BCUT2D eigenvalue weighted by Gasteiger charge is 2.32. The van der Waals surface area contributed by atoms with Gasteiger partial charge in [0.05, 0.1) is 37.0 Å². The molecule has 3 aromatic rings. The Hall–Kier alpha value is -4.11. The summed E-state index contributed by atoms with van der Waals surface area (Å²) in [6, 6.07) is 26.6. The van der Waals surface area contributed by atoms with Gasteiger partial charge in [-0.2, -0.15) is 10.4 Å². The molecule has 0 bridgehead atoms. The van der Waals surface area contributed by atoms with Crippen LogP contribution >= 0.6 is 0 Å². The number of nitrogens with zero attached hydrogens (tertiary/aromatic N) is 3. The number of nitrogens with one attached hydrogen (secondary N) is 1. The highest BCUT2D eigenvalue weighted by molar-refractivity contribution is 6.03. The molecule has 3 aromatic carbocycles. The lowest BCUT2D eigenvalue weighted by atomic mass is 9.98. The third-order valence-electron chi connectivity index (χ3n) is 5.21. The molecule has 0 saturated heterocycles. The number of methoxy groups -OCH3 is 1. The third-order valence-corrected chi connectivity index (χ3v) is 5.21. The summed E-state index contributed by atoms with van der Waals surface area (Å²) in [5.41, 5.74) is 4.14. The fraction of sp³-hybridized carbons (Fsp3) is 0.160. The zero-order valence-corrected chi connectivity index (χ0v) is 17.2. The van der Waals surface area contributed by atoms with Crippen molar-refractivity contribution in [2.75, 3.05) is 19.0 Å². The average Bonchev–Trinajstić information content (AvgIpc) is 3.29. The lowest BCUT2D eigenvalue weighted by Gasteiger charge is -2.22. The number of ether oxygens (including phenoxy) is 1. The van der Waals surface area contributed by atoms with Crippen molar-refractivity contribution >= 4 is 17.3 Å². The van der Waals surface area contributed by atoms with Crippen molar-refractivity contribution in [3.05, 3.63) is 95.6 Å². The molecule has 6 heteroatoms. The highest BCUT2D eigenvalue weighted by atomic mass is 16.5. The van der Waals surface area contributed by atoms with E-state index in [-0.39, 0.29) is 18.5 Å². The molecule has 0 aromatic heterocycles. The molecule has 0 saturated carbocycles. The van der Waals surface area contributed by atoms with Crippen molar-refractivity contribution in [3.8, 4) is 11.8 Å². The molecule has 154 valence electrons. The van der Waals surface area contributed by atoms with Crippen LogP contribution in [0.3, 0.4) is 0 Å². The quantitative estimate of drug-likeness (QED) is 0.655. The molecular formula is C25H22N4O2. The van der Waals surface area contributed by atoms with Gasteiger partial charge in [-0.3, -0.25) is 4.79 Å². The number of hydrogen-bond acceptors (Lipinski definition) is 5. The number of amides is 1. The Kier molecular flexibility index (Phi) is 5.95. The molecule has 1 N–H and O–H groups in total. The molecule has 1 heterocycles. The Bertz CT molecular complexity index is 1130. The molecule has 31 heavy (non-hydrogen) atoms. The summed E-state index contributed by atoms with van der Waals surface area (Å²) >= 11 is 0. The van der Waals surface area contributed by atoms with Gasteiger partial charge in [0.1, 0.15) is 5.75 Å². The summed E-state index contributed by atoms with van der Waals surface area (Å²) in [6.45, 7) is 0.0765. The number of rotatable bonds is 6. The molecule has 1 amide bonds. The summed E-state index contributed by atoms with van der Waals surface area (Å²) < 4.78 is 5.26. The molecule has 4 rings (SSSR count). The summed E-state index contributed by atoms with van der Waals surface area (Å²) in [6.07, 6.45) is 0.631. The molecule has 1 atom stereocenters. The fourth-order valence-corrected chi connectivity index (χ4v) is 3.59. The Labute approximate surface area is 181 Å². The Morgan fingerprint density at radius 3 is 2.61 bits per heavy atom. The molecule has 0 fully saturated rings. The van der Waals surface area contributed by atoms with Crippen molar-refractivity contribution in [2.45, 2.75) is 12.5 Å². The predicted molar refractivity (Wildman–Crippen MR) is 120 cm³/mol. The van der Waals surface area contributed by atoms with E-state index in [0.29, 0.717) is 12.0 Å². The van der Waals surface area contributed by atoms with E-state index in [1.54, 1.807) is 30.3 Å². The minimum Gasteiger partial charge on any atom is -0.497 e. The Balaban J connectivity index is 1.57. The van der Waals surface area contributed by atoms with Gasteiger partial charge in [-0.05, 0) is 41.5 Å². The first-order chi connectivity index (χ1) is 15.2. The van der Waals surface area contributed by atoms with Crippen LogP contribution in [0.2, 0.25) is 0 Å². The van der Waals surface area contributed by atoms with Crippen LogP contribution < -0.4 is 10.1 Å². The number of carbonyl (C=O) groups is 1. The van der Waals surface area contributed by atoms with Gasteiger partial charge in [0.15, 0.2) is 0 Å². The van der Waals surface area contributed by atoms with Crippen molar-refractivity contribution in [3.63, 3.8) is 0 Å². The standard InChI is InChI=1S/C25H22N4O2/c1-31-22-12-10-20(11-13-22)24-15-23(19-7-3-2-4-8-19)28-29(24)25(30)17-27-21-9-5-6-18(14-21)16-26/h2-14,24,27H,15,17H2,1H3/t24-/m0/s1. The lowest BCUT2D eigenvalue weighted by Crippen LogP contribution is -2.32. The molecular weight excluding hydrogens is 388 g/mol. The number of benzene rings is 3. The van der Waals surface area contributed by atoms with E-state index >= 15 is 0 Å². The van der Waals surface area contributed by atoms with Gasteiger partial charge in [0.2, 0.25) is 0 Å². The summed E-state index contributed by atoms with van der Waals surface area (Å²) in [5, 5.41) is 18.4. The molecule has 0 aliphatic carbocycles. The predicted octanol–water partition coefficient (Wildman–Crippen LogP) is 4.36. The van der Waals surface area contributed by atoms with E-state index in [1.807, 2.05) is 60.7 Å². The molecule has 6 nitrogen and oxygen atoms in total. The van der Waals surface area contributed by atoms with Gasteiger partial charge < -0.3 is 10.1 Å². The second kappa shape index (κ2) is 9.14. The van der Waals surface area contributed by atoms with E-state index < -0.39 is 0 Å². The van der Waals surface area contributed by atoms with Gasteiger partial charge in [0, 0.05) is 12.1 Å². The summed E-state index contributed by atoms with van der Waals surface area (Å²) in [4.78, 5) is 13.1. The maximum Gasteiger partial charge on any atom is 0.262 e. The first-order valence-electron chi connectivity index (χ1n) is 10.0. The van der Waals surface area contributed by atoms with Crippen LogP contribution in [0.1, 0.15) is 29.2 Å². The SMILES string of the molecule is COc1ccc([C@@H]2CC(c3ccccc3)=NN2C(=O)CNc2cccc(C#N)c2)cc1. The molecule has 1 aliphatic rings. The number of anilines is 1. The van der Waals surface area contributed by atoms with Gasteiger partial charge >= 0.3 is 0 Å². The van der Waals surface area contributed by atoms with E-state index in [4.69, 9.17) is 10.00 Å². The molecule has 0 spiro atoms. The Morgan fingerprint density at radius 1 is 1.13 bits per heavy atom. The summed E-state index contributed by atoms with van der Waals surface area (Å²) in [5.74, 6) is 0.622. The van der Waals surface area contributed by atoms with Crippen LogP contribution in [0.4, 0.5) is 5.69 Å². The topological polar surface area (TPSA) is 77.7 Å². The van der Waals surface area contributed by atoms with Crippen molar-refractivity contribution in [1.82, 2.24) is 5.01 Å². The second-order valence-electron chi connectivity index (χ2n) is 7.19. The Morgan fingerprint density at radius 2 is 1.90 bits per heavy atom. The van der Waals surface area contributed by atoms with Crippen LogP contribution in [0.15, 0.2) is 84.0 Å². The van der Waals surface area contributed by atoms with Crippen molar-refractivity contribution in [1.29, 1.82) is 5.26 Å². The maximum atomic E-state index is 13.1. The van der Waals surface area contributed by atoms with Crippen LogP contribution in [0, 0.1) is 11.3 Å². The highest BCUT2D eigenvalue weighted by Crippen LogP contribution is 2.33. The van der Waals surface area contributed by atoms with Gasteiger partial charge in [0.25, 0.3) is 5.91 Å². The molecule has 0 unspecified atom stereocenters. The summed E-state index contributed by atoms with van der Waals surface area (Å²) in [7, 11) is 1.63. The average molecular weight is 410 g/mol. The van der Waals surface area contributed by atoms with Gasteiger partial charge in [-0.15, -0.1) is 0 Å². The van der Waals surface area contributed by atoms with E-state index in [9.17, 15) is 4.79 Å². The number of hydrogen-bond donors (Lipinski definition) is 1. The third kappa shape index (κ3) is 4.57. The molecule has 0 radical (unpaired) electrons. The zero-order chi connectivity index (χ0) is 21.6. The van der Waals surface area contributed by atoms with E-state index in [0.717, 1.165) is 28.3 Å². The monoisotopic (exact) mass is 410 g/mol. The largest absolute Gasteiger partial charge is 0.497 e. The fourth-order valence-electron chi connectivity index (χ4n) is 3.59. The first kappa shape index (κ1) is 20.2. The van der Waals surface area contributed by atoms with Crippen molar-refractivity contribution in [2.24, 2.45) is 5.10 Å². The smallest absolute Gasteiger partial charge is 0.262 e. The van der Waals surface area contributed by atoms with E-state index in [2.05, 4.69) is 16.5 Å². The van der Waals surface area contributed by atoms with Crippen LogP contribution in [-0.2, 0) is 4.79 Å². The zero-order valence-electron chi connectivity index (χ0n) is 17.2. The van der Waals surface area contributed by atoms with Crippen LogP contribution in [0.5, 0.6) is 5.75 Å². The van der Waals surface area contributed by atoms with E-state index in [1.165, 1.54) is 0 Å². The minimum atomic E-state index is -0.194. The van der Waals surface area contributed by atoms with Gasteiger partial charge in [-0.25, -0.2) is 5.01 Å². The normalized spacial score (nSPS) is 15.2. The molecule has 1 aliphatic heterocycles. The second-order valence-corrected chi connectivity index (χ2v) is 7.19. The lowest BCUT2D eigenvalue weighted by molar-refractivity contribution is -0.131. The number of nitriles is 1. The minimum absolute atomic E-state index is 0.0765. The van der Waals surface area contributed by atoms with Gasteiger partial charge in [-0.1, -0.05) is 48.5 Å². The number of carbonyl (C=O) groups excluding carboxylic acids is 1.